The fraction of sp³-hybridized carbons (Fsp3) is 0.538. The highest BCUT2D eigenvalue weighted by Gasteiger charge is 2.24. The fourth-order valence-electron chi connectivity index (χ4n) is 2.68. The van der Waals surface area contributed by atoms with Crippen molar-refractivity contribution in [3.8, 4) is 0 Å². The topological polar surface area (TPSA) is 48.0 Å². The van der Waals surface area contributed by atoms with Gasteiger partial charge in [-0.3, -0.25) is 5.10 Å². The Morgan fingerprint density at radius 3 is 3.11 bits per heavy atom. The van der Waals surface area contributed by atoms with Crippen molar-refractivity contribution in [3.63, 3.8) is 0 Å². The number of hydrogen-bond donors (Lipinski definition) is 1. The Labute approximate surface area is 117 Å². The third-order valence-electron chi connectivity index (χ3n) is 3.82. The average molecular weight is 280 g/mol. The molecule has 0 aromatic carbocycles. The van der Waals surface area contributed by atoms with Crippen molar-refractivity contribution in [1.82, 2.24) is 20.1 Å². The first kappa shape index (κ1) is 12.7. The first-order chi connectivity index (χ1) is 9.15. The van der Waals surface area contributed by atoms with Gasteiger partial charge in [0, 0.05) is 31.4 Å². The number of aromatic amines is 1. The maximum atomic E-state index is 5.90. The van der Waals surface area contributed by atoms with E-state index in [-0.39, 0.29) is 0 Å². The largest absolute Gasteiger partial charge is 0.353 e. The summed E-state index contributed by atoms with van der Waals surface area (Å²) in [6.45, 7) is 2.06. The highest BCUT2D eigenvalue weighted by molar-refractivity contribution is 6.30. The number of piperidine rings is 1. The Morgan fingerprint density at radius 2 is 2.32 bits per heavy atom. The summed E-state index contributed by atoms with van der Waals surface area (Å²) in [7, 11) is 4.27. The molecule has 1 saturated heterocycles. The van der Waals surface area contributed by atoms with Gasteiger partial charge >= 0.3 is 0 Å². The number of hydrogen-bond acceptors (Lipinski definition) is 4. The standard InChI is InChI=1S/C13H18ClN5/c1-18(2)9-4-3-5-19(8-9)13-10-7-15-12(14)6-11(10)16-17-13/h6-7,9H,3-5,8H2,1-2H3,(H,16,17). The van der Waals surface area contributed by atoms with Crippen molar-refractivity contribution in [1.29, 1.82) is 0 Å². The lowest BCUT2D eigenvalue weighted by molar-refractivity contribution is 0.257. The van der Waals surface area contributed by atoms with Crippen LogP contribution < -0.4 is 4.90 Å². The number of nitrogens with zero attached hydrogens (tertiary/aromatic N) is 4. The lowest BCUT2D eigenvalue weighted by atomic mass is 10.0. The van der Waals surface area contributed by atoms with Crippen LogP contribution in [0, 0.1) is 0 Å². The third-order valence-corrected chi connectivity index (χ3v) is 4.03. The second-order valence-electron chi connectivity index (χ2n) is 5.31. The molecular formula is C13H18ClN5. The molecule has 2 aromatic heterocycles. The molecule has 2 aromatic rings. The van der Waals surface area contributed by atoms with E-state index in [1.165, 1.54) is 12.8 Å². The molecule has 1 fully saturated rings. The minimum Gasteiger partial charge on any atom is -0.353 e. The first-order valence-electron chi connectivity index (χ1n) is 6.56. The van der Waals surface area contributed by atoms with E-state index in [2.05, 4.69) is 39.1 Å². The van der Waals surface area contributed by atoms with Gasteiger partial charge < -0.3 is 9.80 Å². The first-order valence-corrected chi connectivity index (χ1v) is 6.94. The number of rotatable bonds is 2. The van der Waals surface area contributed by atoms with Crippen molar-refractivity contribution in [2.75, 3.05) is 32.1 Å². The Bertz CT molecular complexity index is 579. The summed E-state index contributed by atoms with van der Waals surface area (Å²) in [4.78, 5) is 8.78. The van der Waals surface area contributed by atoms with E-state index in [1.807, 2.05) is 6.07 Å². The monoisotopic (exact) mass is 279 g/mol. The summed E-state index contributed by atoms with van der Waals surface area (Å²) >= 11 is 5.90. The van der Waals surface area contributed by atoms with Crippen molar-refractivity contribution < 1.29 is 0 Å². The molecule has 0 saturated carbocycles. The van der Waals surface area contributed by atoms with Gasteiger partial charge in [-0.2, -0.15) is 5.10 Å². The molecule has 1 aliphatic rings. The van der Waals surface area contributed by atoms with Crippen molar-refractivity contribution in [2.45, 2.75) is 18.9 Å². The van der Waals surface area contributed by atoms with Crippen LogP contribution in [-0.2, 0) is 0 Å². The predicted molar refractivity (Wildman–Crippen MR) is 77.8 cm³/mol. The minimum atomic E-state index is 0.493. The second-order valence-corrected chi connectivity index (χ2v) is 5.69. The summed E-state index contributed by atoms with van der Waals surface area (Å²) in [5.41, 5.74) is 0.946. The van der Waals surface area contributed by atoms with Crippen LogP contribution in [0.1, 0.15) is 12.8 Å². The molecular weight excluding hydrogens is 262 g/mol. The fourth-order valence-corrected chi connectivity index (χ4v) is 2.84. The number of pyridine rings is 1. The Balaban J connectivity index is 1.91. The van der Waals surface area contributed by atoms with Gasteiger partial charge in [0.05, 0.1) is 10.9 Å². The molecule has 1 aliphatic heterocycles. The Morgan fingerprint density at radius 1 is 1.47 bits per heavy atom. The molecule has 1 atom stereocenters. The summed E-state index contributed by atoms with van der Waals surface area (Å²) in [6.07, 6.45) is 4.24. The Hall–Kier alpha value is -1.33. The van der Waals surface area contributed by atoms with Gasteiger partial charge in [-0.15, -0.1) is 0 Å². The number of nitrogens with one attached hydrogen (secondary N) is 1. The normalized spacial score (nSPS) is 20.4. The van der Waals surface area contributed by atoms with E-state index >= 15 is 0 Å². The third kappa shape index (κ3) is 2.40. The number of anilines is 1. The van der Waals surface area contributed by atoms with Crippen LogP contribution in [0.3, 0.4) is 0 Å². The van der Waals surface area contributed by atoms with E-state index in [1.54, 1.807) is 6.20 Å². The van der Waals surface area contributed by atoms with Crippen LogP contribution in [0.15, 0.2) is 12.3 Å². The van der Waals surface area contributed by atoms with Crippen LogP contribution >= 0.6 is 11.6 Å². The molecule has 1 N–H and O–H groups in total. The molecule has 1 unspecified atom stereocenters. The van der Waals surface area contributed by atoms with E-state index < -0.39 is 0 Å². The quantitative estimate of drug-likeness (QED) is 0.856. The van der Waals surface area contributed by atoms with Crippen LogP contribution in [0.4, 0.5) is 5.82 Å². The zero-order chi connectivity index (χ0) is 13.4. The molecule has 102 valence electrons. The van der Waals surface area contributed by atoms with Gasteiger partial charge in [0.2, 0.25) is 0 Å². The summed E-state index contributed by atoms with van der Waals surface area (Å²) in [5, 5.41) is 9.02. The smallest absolute Gasteiger partial charge is 0.159 e. The Kier molecular flexibility index (Phi) is 3.33. The molecule has 3 heterocycles. The van der Waals surface area contributed by atoms with Gasteiger partial charge in [-0.1, -0.05) is 11.6 Å². The summed E-state index contributed by atoms with van der Waals surface area (Å²) in [5.74, 6) is 0.991. The number of H-pyrrole nitrogens is 1. The van der Waals surface area contributed by atoms with Crippen LogP contribution in [0.2, 0.25) is 5.15 Å². The predicted octanol–water partition coefficient (Wildman–Crippen LogP) is 2.14. The molecule has 0 bridgehead atoms. The molecule has 19 heavy (non-hydrogen) atoms. The van der Waals surface area contributed by atoms with Gasteiger partial charge in [-0.25, -0.2) is 4.98 Å². The average Bonchev–Trinajstić information content (AvgIpc) is 2.81. The molecule has 3 rings (SSSR count). The van der Waals surface area contributed by atoms with Crippen molar-refractivity contribution in [3.05, 3.63) is 17.4 Å². The molecule has 5 nitrogen and oxygen atoms in total. The van der Waals surface area contributed by atoms with Gasteiger partial charge in [0.15, 0.2) is 5.82 Å². The van der Waals surface area contributed by atoms with Crippen molar-refractivity contribution in [2.24, 2.45) is 0 Å². The maximum Gasteiger partial charge on any atom is 0.159 e. The molecule has 0 amide bonds. The lowest BCUT2D eigenvalue weighted by Gasteiger charge is -2.36. The number of fused-ring (bicyclic) bond motifs is 1. The molecule has 0 aliphatic carbocycles. The second kappa shape index (κ2) is 4.98. The van der Waals surface area contributed by atoms with Crippen LogP contribution in [0.25, 0.3) is 10.9 Å². The highest BCUT2D eigenvalue weighted by Crippen LogP contribution is 2.27. The van der Waals surface area contributed by atoms with Crippen LogP contribution in [0.5, 0.6) is 0 Å². The number of aromatic nitrogens is 3. The van der Waals surface area contributed by atoms with E-state index in [0.717, 1.165) is 29.8 Å². The molecule has 6 heteroatoms. The van der Waals surface area contributed by atoms with Gasteiger partial charge in [-0.05, 0) is 26.9 Å². The summed E-state index contributed by atoms with van der Waals surface area (Å²) < 4.78 is 0. The number of likely N-dealkylation sites (N-methyl/N-ethyl adjacent to an activating group) is 1. The van der Waals surface area contributed by atoms with E-state index in [9.17, 15) is 0 Å². The highest BCUT2D eigenvalue weighted by atomic mass is 35.5. The van der Waals surface area contributed by atoms with Crippen LogP contribution in [-0.4, -0.2) is 53.3 Å². The minimum absolute atomic E-state index is 0.493. The zero-order valence-electron chi connectivity index (χ0n) is 11.2. The van der Waals surface area contributed by atoms with Crippen molar-refractivity contribution >= 4 is 28.3 Å². The van der Waals surface area contributed by atoms with E-state index in [4.69, 9.17) is 11.6 Å². The molecule has 0 radical (unpaired) electrons. The van der Waals surface area contributed by atoms with E-state index in [0.29, 0.717) is 11.2 Å². The zero-order valence-corrected chi connectivity index (χ0v) is 12.0. The van der Waals surface area contributed by atoms with Gasteiger partial charge in [0.25, 0.3) is 0 Å². The number of halogens is 1. The van der Waals surface area contributed by atoms with Gasteiger partial charge in [0.1, 0.15) is 5.15 Å². The SMILES string of the molecule is CN(C)C1CCCN(c2n[nH]c3cc(Cl)ncc23)C1. The molecule has 0 spiro atoms. The summed E-state index contributed by atoms with van der Waals surface area (Å²) in [6, 6.07) is 2.40. The lowest BCUT2D eigenvalue weighted by Crippen LogP contribution is -2.45. The maximum absolute atomic E-state index is 5.90.